The molecular weight excluding hydrogens is 374 g/mol. The molecule has 1 aromatic heterocycles. The molecule has 27 heavy (non-hydrogen) atoms. The van der Waals surface area contributed by atoms with Gasteiger partial charge in [-0.25, -0.2) is 0 Å². The van der Waals surface area contributed by atoms with E-state index in [4.69, 9.17) is 5.26 Å². The zero-order valence-electron chi connectivity index (χ0n) is 13.8. The average molecular weight is 388 g/mol. The molecule has 4 nitrogen and oxygen atoms in total. The number of aromatic nitrogens is 2. The second-order valence-corrected chi connectivity index (χ2v) is 6.26. The maximum atomic E-state index is 13.1. The van der Waals surface area contributed by atoms with Crippen LogP contribution in [0.4, 0.5) is 32.0 Å². The van der Waals surface area contributed by atoms with Crippen molar-refractivity contribution < 1.29 is 26.3 Å². The van der Waals surface area contributed by atoms with Crippen molar-refractivity contribution in [2.24, 2.45) is 0 Å². The molecule has 0 bridgehead atoms. The minimum Gasteiger partial charge on any atom is -0.369 e. The molecule has 1 aliphatic rings. The van der Waals surface area contributed by atoms with Gasteiger partial charge in [0, 0.05) is 25.0 Å². The fraction of sp³-hybridized carbons (Fsp3) is 0.412. The Kier molecular flexibility index (Phi) is 4.80. The van der Waals surface area contributed by atoms with Crippen LogP contribution in [-0.4, -0.2) is 22.9 Å². The van der Waals surface area contributed by atoms with Crippen LogP contribution in [-0.2, 0) is 12.4 Å². The first-order valence-corrected chi connectivity index (χ1v) is 8.08. The van der Waals surface area contributed by atoms with Crippen molar-refractivity contribution in [3.8, 4) is 6.07 Å². The monoisotopic (exact) mass is 388 g/mol. The van der Waals surface area contributed by atoms with Gasteiger partial charge in [0.25, 0.3) is 0 Å². The Bertz CT molecular complexity index is 862. The smallest absolute Gasteiger partial charge is 0.369 e. The molecule has 0 saturated carbocycles. The molecule has 10 heteroatoms. The van der Waals surface area contributed by atoms with E-state index in [1.807, 2.05) is 0 Å². The third-order valence-corrected chi connectivity index (χ3v) is 4.46. The topological polar surface area (TPSA) is 44.9 Å². The van der Waals surface area contributed by atoms with Crippen LogP contribution >= 0.6 is 0 Å². The summed E-state index contributed by atoms with van der Waals surface area (Å²) < 4.78 is 78.8. The molecule has 1 atom stereocenters. The summed E-state index contributed by atoms with van der Waals surface area (Å²) in [6.45, 7) is 0.690. The fourth-order valence-corrected chi connectivity index (χ4v) is 3.16. The van der Waals surface area contributed by atoms with E-state index in [0.29, 0.717) is 19.4 Å². The number of hydrogen-bond acceptors (Lipinski definition) is 3. The van der Waals surface area contributed by atoms with E-state index in [1.54, 1.807) is 4.90 Å². The molecule has 2 aromatic rings. The van der Waals surface area contributed by atoms with Gasteiger partial charge >= 0.3 is 12.4 Å². The molecule has 1 aromatic carbocycles. The molecule has 0 amide bonds. The maximum Gasteiger partial charge on any atom is 0.435 e. The van der Waals surface area contributed by atoms with Crippen molar-refractivity contribution in [2.45, 2.75) is 31.2 Å². The summed E-state index contributed by atoms with van der Waals surface area (Å²) in [5, 5.41) is 12.4. The van der Waals surface area contributed by atoms with Crippen molar-refractivity contribution in [1.82, 2.24) is 9.78 Å². The van der Waals surface area contributed by atoms with Crippen molar-refractivity contribution in [2.75, 3.05) is 18.0 Å². The molecular formula is C17H14F6N4. The summed E-state index contributed by atoms with van der Waals surface area (Å²) in [5.74, 6) is 0. The zero-order chi connectivity index (χ0) is 19.8. The zero-order valence-corrected chi connectivity index (χ0v) is 13.8. The lowest BCUT2D eigenvalue weighted by molar-refractivity contribution is -0.141. The Hall–Kier alpha value is -2.70. The Morgan fingerprint density at radius 1 is 1.07 bits per heavy atom. The van der Waals surface area contributed by atoms with Crippen LogP contribution in [0.3, 0.4) is 0 Å². The number of benzene rings is 1. The molecule has 0 aliphatic carbocycles. The molecule has 144 valence electrons. The van der Waals surface area contributed by atoms with Gasteiger partial charge in [-0.2, -0.15) is 36.7 Å². The van der Waals surface area contributed by atoms with Gasteiger partial charge in [0.2, 0.25) is 0 Å². The summed E-state index contributed by atoms with van der Waals surface area (Å²) in [7, 11) is 0. The molecule has 0 spiro atoms. The lowest BCUT2D eigenvalue weighted by atomic mass is 10.0. The highest BCUT2D eigenvalue weighted by molar-refractivity contribution is 5.55. The second-order valence-electron chi connectivity index (χ2n) is 6.26. The Balaban J connectivity index is 1.85. The highest BCUT2D eigenvalue weighted by atomic mass is 19.4. The van der Waals surface area contributed by atoms with Crippen LogP contribution in [0.5, 0.6) is 0 Å². The number of piperidine rings is 1. The molecule has 1 unspecified atom stereocenters. The first-order valence-electron chi connectivity index (χ1n) is 8.08. The molecule has 0 radical (unpaired) electrons. The van der Waals surface area contributed by atoms with Crippen molar-refractivity contribution in [1.29, 1.82) is 5.26 Å². The first kappa shape index (κ1) is 19.1. The Labute approximate surface area is 150 Å². The number of halogens is 6. The van der Waals surface area contributed by atoms with E-state index in [9.17, 15) is 26.3 Å². The standard InChI is InChI=1S/C17H14F6N4/c18-16(19,20)14-8-12(4-3-11(14)9-24)26-6-1-2-13(10-26)27-7-5-15(25-27)17(21,22)23/h3-5,7-8,13H,1-2,6,10H2. The quantitative estimate of drug-likeness (QED) is 0.705. The molecule has 0 N–H and O–H groups in total. The van der Waals surface area contributed by atoms with Crippen LogP contribution in [0, 0.1) is 11.3 Å². The van der Waals surface area contributed by atoms with Gasteiger partial charge in [0.15, 0.2) is 5.69 Å². The number of anilines is 1. The van der Waals surface area contributed by atoms with Crippen LogP contribution in [0.2, 0.25) is 0 Å². The van der Waals surface area contributed by atoms with Gasteiger partial charge in [0.1, 0.15) is 0 Å². The predicted molar refractivity (Wildman–Crippen MR) is 83.9 cm³/mol. The first-order chi connectivity index (χ1) is 12.6. The van der Waals surface area contributed by atoms with Crippen molar-refractivity contribution in [3.05, 3.63) is 47.3 Å². The highest BCUT2D eigenvalue weighted by Gasteiger charge is 2.36. The van der Waals surface area contributed by atoms with Gasteiger partial charge in [-0.3, -0.25) is 4.68 Å². The molecule has 1 aliphatic heterocycles. The lowest BCUT2D eigenvalue weighted by Gasteiger charge is -2.35. The number of nitriles is 1. The number of hydrogen-bond donors (Lipinski definition) is 0. The Morgan fingerprint density at radius 3 is 2.41 bits per heavy atom. The molecule has 2 heterocycles. The summed E-state index contributed by atoms with van der Waals surface area (Å²) in [6.07, 6.45) is -6.82. The maximum absolute atomic E-state index is 13.1. The summed E-state index contributed by atoms with van der Waals surface area (Å²) in [5.41, 5.74) is -2.23. The van der Waals surface area contributed by atoms with Crippen molar-refractivity contribution in [3.63, 3.8) is 0 Å². The van der Waals surface area contributed by atoms with Gasteiger partial charge in [0.05, 0.1) is 23.2 Å². The van der Waals surface area contributed by atoms with E-state index in [0.717, 1.165) is 18.2 Å². The average Bonchev–Trinajstić information content (AvgIpc) is 3.11. The number of rotatable bonds is 2. The number of alkyl halides is 6. The summed E-state index contributed by atoms with van der Waals surface area (Å²) in [6, 6.07) is 5.45. The van der Waals surface area contributed by atoms with Crippen molar-refractivity contribution >= 4 is 5.69 Å². The van der Waals surface area contributed by atoms with Gasteiger partial charge in [-0.15, -0.1) is 0 Å². The van der Waals surface area contributed by atoms with Crippen LogP contribution in [0.25, 0.3) is 0 Å². The predicted octanol–water partition coefficient (Wildman–Crippen LogP) is 4.63. The van der Waals surface area contributed by atoms with Crippen LogP contribution in [0.1, 0.15) is 35.7 Å². The largest absolute Gasteiger partial charge is 0.435 e. The van der Waals surface area contributed by atoms with Crippen LogP contribution < -0.4 is 4.90 Å². The van der Waals surface area contributed by atoms with Gasteiger partial charge in [-0.1, -0.05) is 0 Å². The highest BCUT2D eigenvalue weighted by Crippen LogP contribution is 2.36. The fourth-order valence-electron chi connectivity index (χ4n) is 3.16. The van der Waals surface area contributed by atoms with Gasteiger partial charge < -0.3 is 4.90 Å². The molecule has 1 saturated heterocycles. The minimum atomic E-state index is -4.67. The number of nitrogens with zero attached hydrogens (tertiary/aromatic N) is 4. The van der Waals surface area contributed by atoms with E-state index >= 15 is 0 Å². The van der Waals surface area contributed by atoms with Crippen LogP contribution in [0.15, 0.2) is 30.5 Å². The third-order valence-electron chi connectivity index (χ3n) is 4.46. The minimum absolute atomic E-state index is 0.224. The molecule has 1 fully saturated rings. The van der Waals surface area contributed by atoms with E-state index in [2.05, 4.69) is 5.10 Å². The van der Waals surface area contributed by atoms with E-state index < -0.39 is 29.2 Å². The summed E-state index contributed by atoms with van der Waals surface area (Å²) >= 11 is 0. The second kappa shape index (κ2) is 6.79. The third kappa shape index (κ3) is 4.02. The SMILES string of the molecule is N#Cc1ccc(N2CCCC(n3ccc(C(F)(F)F)n3)C2)cc1C(F)(F)F. The summed E-state index contributed by atoms with van der Waals surface area (Å²) in [4.78, 5) is 1.67. The molecule has 3 rings (SSSR count). The Morgan fingerprint density at radius 2 is 1.81 bits per heavy atom. The van der Waals surface area contributed by atoms with E-state index in [-0.39, 0.29) is 18.3 Å². The lowest BCUT2D eigenvalue weighted by Crippen LogP contribution is -2.37. The normalized spacial score (nSPS) is 18.4. The van der Waals surface area contributed by atoms with E-state index in [1.165, 1.54) is 23.0 Å². The van der Waals surface area contributed by atoms with Gasteiger partial charge in [-0.05, 0) is 37.1 Å².